The molecule has 0 unspecified atom stereocenters. The zero-order chi connectivity index (χ0) is 16.1. The first-order chi connectivity index (χ1) is 11.0. The van der Waals surface area contributed by atoms with Crippen molar-refractivity contribution in [2.45, 2.75) is 45.1 Å². The average molecular weight is 378 g/mol. The van der Waals surface area contributed by atoms with Crippen molar-refractivity contribution in [3.8, 4) is 5.75 Å². The van der Waals surface area contributed by atoms with Gasteiger partial charge in [-0.05, 0) is 80.4 Å². The van der Waals surface area contributed by atoms with Gasteiger partial charge in [0.2, 0.25) is 0 Å². The number of ether oxygens (including phenoxy) is 1. The number of rotatable bonds is 3. The summed E-state index contributed by atoms with van der Waals surface area (Å²) in [7, 11) is 1.63. The van der Waals surface area contributed by atoms with E-state index in [9.17, 15) is 4.79 Å². The number of methoxy groups -OCH3 is 1. The zero-order valence-electron chi connectivity index (χ0n) is 13.8. The van der Waals surface area contributed by atoms with E-state index in [1.807, 2.05) is 19.1 Å². The quantitative estimate of drug-likeness (QED) is 0.851. The Morgan fingerprint density at radius 1 is 1.13 bits per heavy atom. The lowest BCUT2D eigenvalue weighted by molar-refractivity contribution is -0.0119. The van der Waals surface area contributed by atoms with Crippen molar-refractivity contribution in [1.82, 2.24) is 5.32 Å². The number of carbonyl (C=O) groups excluding carboxylic acids is 1. The summed E-state index contributed by atoms with van der Waals surface area (Å²) in [5, 5.41) is 3.37. The van der Waals surface area contributed by atoms with Crippen LogP contribution in [0.15, 0.2) is 16.6 Å². The summed E-state index contributed by atoms with van der Waals surface area (Å²) in [5.41, 5.74) is 1.63. The van der Waals surface area contributed by atoms with Crippen molar-refractivity contribution in [2.24, 2.45) is 23.7 Å². The Labute approximate surface area is 146 Å². The molecule has 1 amide bonds. The number of benzene rings is 1. The van der Waals surface area contributed by atoms with Crippen LogP contribution in [0.2, 0.25) is 0 Å². The Hall–Kier alpha value is -1.03. The number of hydrogen-bond acceptors (Lipinski definition) is 2. The molecule has 3 nitrogen and oxygen atoms in total. The number of hydrogen-bond donors (Lipinski definition) is 1. The highest BCUT2D eigenvalue weighted by Gasteiger charge is 2.48. The van der Waals surface area contributed by atoms with Crippen LogP contribution in [-0.2, 0) is 0 Å². The van der Waals surface area contributed by atoms with Gasteiger partial charge in [0.25, 0.3) is 5.91 Å². The molecule has 0 radical (unpaired) electrons. The zero-order valence-corrected chi connectivity index (χ0v) is 15.4. The van der Waals surface area contributed by atoms with Crippen LogP contribution in [0.5, 0.6) is 5.75 Å². The third kappa shape index (κ3) is 2.69. The highest BCUT2D eigenvalue weighted by molar-refractivity contribution is 9.10. The van der Waals surface area contributed by atoms with Crippen molar-refractivity contribution < 1.29 is 9.53 Å². The minimum absolute atomic E-state index is 0.0173. The third-order valence-corrected chi connectivity index (χ3v) is 6.67. The molecule has 0 aromatic heterocycles. The maximum atomic E-state index is 12.9. The first-order valence-electron chi connectivity index (χ1n) is 8.70. The van der Waals surface area contributed by atoms with Gasteiger partial charge in [0, 0.05) is 10.5 Å². The normalized spacial score (nSPS) is 34.5. The van der Waals surface area contributed by atoms with Crippen LogP contribution >= 0.6 is 15.9 Å². The molecule has 0 saturated heterocycles. The van der Waals surface area contributed by atoms with Gasteiger partial charge in [-0.1, -0.05) is 15.9 Å². The minimum Gasteiger partial charge on any atom is -0.496 e. The van der Waals surface area contributed by atoms with Gasteiger partial charge in [-0.3, -0.25) is 4.79 Å². The van der Waals surface area contributed by atoms with E-state index in [0.717, 1.165) is 21.9 Å². The molecule has 1 N–H and O–H groups in total. The average Bonchev–Trinajstić information content (AvgIpc) is 2.49. The molecule has 0 spiro atoms. The van der Waals surface area contributed by atoms with Gasteiger partial charge < -0.3 is 10.1 Å². The Morgan fingerprint density at radius 3 is 2.30 bits per heavy atom. The standard InChI is InChI=1S/C19H24BrNO2/c1-10-3-15(20)9-16(18(10)23-2)19(22)21-17-13-5-11-4-12(7-13)8-14(17)6-11/h3,9,11-14,17H,4-8H2,1-2H3,(H,21,22). The first-order valence-corrected chi connectivity index (χ1v) is 9.49. The van der Waals surface area contributed by atoms with Crippen LogP contribution in [-0.4, -0.2) is 19.1 Å². The maximum absolute atomic E-state index is 12.9. The van der Waals surface area contributed by atoms with Crippen molar-refractivity contribution in [3.63, 3.8) is 0 Å². The van der Waals surface area contributed by atoms with E-state index in [0.29, 0.717) is 29.2 Å². The van der Waals surface area contributed by atoms with Gasteiger partial charge in [-0.25, -0.2) is 0 Å². The second kappa shape index (κ2) is 5.80. The molecule has 0 atom stereocenters. The van der Waals surface area contributed by atoms with Crippen LogP contribution in [0.3, 0.4) is 0 Å². The fraction of sp³-hybridized carbons (Fsp3) is 0.632. The summed E-state index contributed by atoms with van der Waals surface area (Å²) < 4.78 is 6.40. The molecule has 4 aliphatic rings. The number of nitrogens with one attached hydrogen (secondary N) is 1. The largest absolute Gasteiger partial charge is 0.496 e. The Morgan fingerprint density at radius 2 is 1.74 bits per heavy atom. The summed E-state index contributed by atoms with van der Waals surface area (Å²) in [6.07, 6.45) is 6.69. The topological polar surface area (TPSA) is 38.3 Å². The molecule has 1 aromatic carbocycles. The number of carbonyl (C=O) groups is 1. The lowest BCUT2D eigenvalue weighted by atomic mass is 9.54. The van der Waals surface area contributed by atoms with Crippen molar-refractivity contribution in [1.29, 1.82) is 0 Å². The van der Waals surface area contributed by atoms with Gasteiger partial charge >= 0.3 is 0 Å². The van der Waals surface area contributed by atoms with E-state index in [4.69, 9.17) is 4.74 Å². The maximum Gasteiger partial charge on any atom is 0.255 e. The molecular weight excluding hydrogens is 354 g/mol. The summed E-state index contributed by atoms with van der Waals surface area (Å²) in [6.45, 7) is 1.98. The predicted octanol–water partition coefficient (Wildman–Crippen LogP) is 4.32. The first kappa shape index (κ1) is 15.5. The molecule has 4 aliphatic carbocycles. The highest BCUT2D eigenvalue weighted by Crippen LogP contribution is 2.53. The Bertz CT molecular complexity index is 615. The Kier molecular flexibility index (Phi) is 3.91. The third-order valence-electron chi connectivity index (χ3n) is 6.21. The van der Waals surface area contributed by atoms with Gasteiger partial charge in [0.15, 0.2) is 0 Å². The molecule has 0 heterocycles. The summed E-state index contributed by atoms with van der Waals surface area (Å²) in [4.78, 5) is 12.9. The second-order valence-corrected chi connectivity index (χ2v) is 8.65. The van der Waals surface area contributed by atoms with E-state index >= 15 is 0 Å². The van der Waals surface area contributed by atoms with Gasteiger partial charge in [-0.15, -0.1) is 0 Å². The van der Waals surface area contributed by atoms with E-state index in [-0.39, 0.29) is 5.91 Å². The molecule has 5 rings (SSSR count). The van der Waals surface area contributed by atoms with Gasteiger partial charge in [0.05, 0.1) is 12.7 Å². The molecule has 4 heteroatoms. The minimum atomic E-state index is 0.0173. The SMILES string of the molecule is COc1c(C)cc(Br)cc1C(=O)NC1C2CC3CC(C2)CC1C3. The van der Waals surface area contributed by atoms with Crippen molar-refractivity contribution >= 4 is 21.8 Å². The molecule has 1 aromatic rings. The highest BCUT2D eigenvalue weighted by atomic mass is 79.9. The molecule has 23 heavy (non-hydrogen) atoms. The summed E-state index contributed by atoms with van der Waals surface area (Å²) >= 11 is 3.50. The lowest BCUT2D eigenvalue weighted by Crippen LogP contribution is -2.55. The van der Waals surface area contributed by atoms with E-state index in [1.165, 1.54) is 32.1 Å². The van der Waals surface area contributed by atoms with Crippen LogP contribution in [0.25, 0.3) is 0 Å². The molecule has 0 aliphatic heterocycles. The van der Waals surface area contributed by atoms with Crippen LogP contribution in [0.4, 0.5) is 0 Å². The summed E-state index contributed by atoms with van der Waals surface area (Å²) in [6, 6.07) is 4.22. The van der Waals surface area contributed by atoms with Crippen LogP contribution < -0.4 is 10.1 Å². The monoisotopic (exact) mass is 377 g/mol. The molecule has 4 bridgehead atoms. The fourth-order valence-corrected chi connectivity index (χ4v) is 6.13. The second-order valence-electron chi connectivity index (χ2n) is 7.73. The van der Waals surface area contributed by atoms with Crippen LogP contribution in [0.1, 0.15) is 48.0 Å². The van der Waals surface area contributed by atoms with Gasteiger partial charge in [-0.2, -0.15) is 0 Å². The smallest absolute Gasteiger partial charge is 0.255 e. The van der Waals surface area contributed by atoms with Gasteiger partial charge in [0.1, 0.15) is 5.75 Å². The summed E-state index contributed by atoms with van der Waals surface area (Å²) in [5.74, 6) is 3.93. The molecular formula is C19H24BrNO2. The van der Waals surface area contributed by atoms with E-state index < -0.39 is 0 Å². The van der Waals surface area contributed by atoms with Crippen molar-refractivity contribution in [2.75, 3.05) is 7.11 Å². The number of amides is 1. The number of halogens is 1. The predicted molar refractivity (Wildman–Crippen MR) is 93.7 cm³/mol. The Balaban J connectivity index is 1.57. The molecule has 4 fully saturated rings. The fourth-order valence-electron chi connectivity index (χ4n) is 5.56. The van der Waals surface area contributed by atoms with E-state index in [2.05, 4.69) is 21.2 Å². The van der Waals surface area contributed by atoms with E-state index in [1.54, 1.807) is 7.11 Å². The van der Waals surface area contributed by atoms with Crippen LogP contribution in [0, 0.1) is 30.6 Å². The number of aryl methyl sites for hydroxylation is 1. The molecule has 124 valence electrons. The van der Waals surface area contributed by atoms with Crippen molar-refractivity contribution in [3.05, 3.63) is 27.7 Å². The molecule has 4 saturated carbocycles. The lowest BCUT2D eigenvalue weighted by Gasteiger charge is -2.54.